The smallest absolute Gasteiger partial charge is 0.409 e. The topological polar surface area (TPSA) is 59.0 Å². The Labute approximate surface area is 103 Å². The molecule has 1 heterocycles. The maximum absolute atomic E-state index is 11.7. The van der Waals surface area contributed by atoms with E-state index in [1.54, 1.807) is 4.90 Å². The molecule has 0 aromatic heterocycles. The van der Waals surface area contributed by atoms with E-state index >= 15 is 0 Å². The maximum Gasteiger partial charge on any atom is 0.409 e. The average Bonchev–Trinajstić information content (AvgIpc) is 2.37. The van der Waals surface area contributed by atoms with Crippen molar-refractivity contribution in [2.24, 2.45) is 0 Å². The lowest BCUT2D eigenvalue weighted by Crippen LogP contribution is -2.45. The van der Waals surface area contributed by atoms with E-state index < -0.39 is 0 Å². The summed E-state index contributed by atoms with van der Waals surface area (Å²) in [6.45, 7) is 4.45. The van der Waals surface area contributed by atoms with Crippen molar-refractivity contribution in [1.82, 2.24) is 4.90 Å². The first-order chi connectivity index (χ1) is 8.27. The highest BCUT2D eigenvalue weighted by molar-refractivity contribution is 5.67. The number of aliphatic hydroxyl groups excluding tert-OH is 1. The average molecular weight is 245 g/mol. The van der Waals surface area contributed by atoms with Gasteiger partial charge in [0.25, 0.3) is 0 Å². The van der Waals surface area contributed by atoms with Gasteiger partial charge in [-0.3, -0.25) is 0 Å². The van der Waals surface area contributed by atoms with Gasteiger partial charge in [0.05, 0.1) is 25.9 Å². The molecule has 0 aromatic rings. The Balaban J connectivity index is 2.25. The van der Waals surface area contributed by atoms with Crippen LogP contribution in [0.1, 0.15) is 32.6 Å². The van der Waals surface area contributed by atoms with Gasteiger partial charge in [-0.15, -0.1) is 0 Å². The van der Waals surface area contributed by atoms with Gasteiger partial charge in [0.15, 0.2) is 0 Å². The molecule has 1 saturated heterocycles. The molecule has 5 nitrogen and oxygen atoms in total. The summed E-state index contributed by atoms with van der Waals surface area (Å²) in [5.74, 6) is 0. The van der Waals surface area contributed by atoms with Crippen LogP contribution in [0.25, 0.3) is 0 Å². The molecule has 0 radical (unpaired) electrons. The van der Waals surface area contributed by atoms with Gasteiger partial charge in [0.2, 0.25) is 0 Å². The standard InChI is InChI=1S/C12H23NO4/c1-2-3-8-17-12(15)13-6-9-16-11(10-13)5-4-7-14/h11,14H,2-10H2,1H3. The lowest BCUT2D eigenvalue weighted by atomic mass is 10.1. The van der Waals surface area contributed by atoms with Crippen LogP contribution in [0.3, 0.4) is 0 Å². The summed E-state index contributed by atoms with van der Waals surface area (Å²) >= 11 is 0. The van der Waals surface area contributed by atoms with E-state index in [1.807, 2.05) is 0 Å². The summed E-state index contributed by atoms with van der Waals surface area (Å²) in [7, 11) is 0. The third kappa shape index (κ3) is 5.37. The maximum atomic E-state index is 11.7. The second-order valence-corrected chi connectivity index (χ2v) is 4.27. The summed E-state index contributed by atoms with van der Waals surface area (Å²) in [5.41, 5.74) is 0. The van der Waals surface area contributed by atoms with Crippen LogP contribution in [0.15, 0.2) is 0 Å². The highest BCUT2D eigenvalue weighted by Crippen LogP contribution is 2.11. The Morgan fingerprint density at radius 3 is 3.06 bits per heavy atom. The number of rotatable bonds is 6. The molecule has 0 saturated carbocycles. The van der Waals surface area contributed by atoms with Gasteiger partial charge in [-0.05, 0) is 19.3 Å². The SMILES string of the molecule is CCCCOC(=O)N1CCOC(CCCO)C1. The van der Waals surface area contributed by atoms with Gasteiger partial charge in [0.1, 0.15) is 0 Å². The minimum atomic E-state index is -0.240. The lowest BCUT2D eigenvalue weighted by molar-refractivity contribution is -0.0325. The number of nitrogens with zero attached hydrogens (tertiary/aromatic N) is 1. The zero-order valence-electron chi connectivity index (χ0n) is 10.6. The predicted octanol–water partition coefficient (Wildman–Crippen LogP) is 1.40. The summed E-state index contributed by atoms with van der Waals surface area (Å²) in [6, 6.07) is 0. The monoisotopic (exact) mass is 245 g/mol. The van der Waals surface area contributed by atoms with Crippen molar-refractivity contribution in [3.63, 3.8) is 0 Å². The molecule has 1 N–H and O–H groups in total. The highest BCUT2D eigenvalue weighted by Gasteiger charge is 2.24. The van der Waals surface area contributed by atoms with Crippen LogP contribution in [-0.4, -0.2) is 55.1 Å². The fourth-order valence-electron chi connectivity index (χ4n) is 1.77. The molecule has 0 aromatic carbocycles. The molecule has 5 heteroatoms. The summed E-state index contributed by atoms with van der Waals surface area (Å²) in [4.78, 5) is 13.4. The minimum absolute atomic E-state index is 0.0367. The molecule has 1 fully saturated rings. The van der Waals surface area contributed by atoms with Crippen molar-refractivity contribution in [3.05, 3.63) is 0 Å². The highest BCUT2D eigenvalue weighted by atomic mass is 16.6. The van der Waals surface area contributed by atoms with Crippen LogP contribution >= 0.6 is 0 Å². The number of hydrogen-bond donors (Lipinski definition) is 1. The Morgan fingerprint density at radius 2 is 2.35 bits per heavy atom. The largest absolute Gasteiger partial charge is 0.449 e. The lowest BCUT2D eigenvalue weighted by Gasteiger charge is -2.32. The number of aliphatic hydroxyl groups is 1. The fourth-order valence-corrected chi connectivity index (χ4v) is 1.77. The van der Waals surface area contributed by atoms with E-state index in [0.29, 0.717) is 32.7 Å². The molecule has 1 amide bonds. The third-order valence-electron chi connectivity index (χ3n) is 2.80. The van der Waals surface area contributed by atoms with Gasteiger partial charge in [-0.25, -0.2) is 4.79 Å². The van der Waals surface area contributed by atoms with E-state index in [4.69, 9.17) is 14.6 Å². The van der Waals surface area contributed by atoms with E-state index in [9.17, 15) is 4.79 Å². The molecule has 1 aliphatic heterocycles. The second-order valence-electron chi connectivity index (χ2n) is 4.27. The Kier molecular flexibility index (Phi) is 6.96. The molecule has 17 heavy (non-hydrogen) atoms. The Morgan fingerprint density at radius 1 is 1.53 bits per heavy atom. The molecule has 1 rings (SSSR count). The molecule has 1 unspecified atom stereocenters. The van der Waals surface area contributed by atoms with E-state index in [2.05, 4.69) is 6.92 Å². The van der Waals surface area contributed by atoms with Crippen molar-refractivity contribution < 1.29 is 19.4 Å². The van der Waals surface area contributed by atoms with Crippen molar-refractivity contribution in [1.29, 1.82) is 0 Å². The summed E-state index contributed by atoms with van der Waals surface area (Å²) < 4.78 is 10.7. The zero-order chi connectivity index (χ0) is 12.5. The number of carbonyl (C=O) groups is 1. The van der Waals surface area contributed by atoms with Crippen LogP contribution in [0.4, 0.5) is 4.79 Å². The van der Waals surface area contributed by atoms with Gasteiger partial charge >= 0.3 is 6.09 Å². The molecule has 100 valence electrons. The van der Waals surface area contributed by atoms with E-state index in [1.165, 1.54) is 0 Å². The first-order valence-corrected chi connectivity index (χ1v) is 6.42. The number of amides is 1. The van der Waals surface area contributed by atoms with Crippen molar-refractivity contribution in [2.75, 3.05) is 32.9 Å². The predicted molar refractivity (Wildman–Crippen MR) is 63.9 cm³/mol. The number of unbranched alkanes of at least 4 members (excludes halogenated alkanes) is 1. The molecule has 0 bridgehead atoms. The molecule has 1 atom stereocenters. The number of morpholine rings is 1. The van der Waals surface area contributed by atoms with Crippen molar-refractivity contribution in [2.45, 2.75) is 38.7 Å². The zero-order valence-corrected chi connectivity index (χ0v) is 10.6. The number of carbonyl (C=O) groups excluding carboxylic acids is 1. The van der Waals surface area contributed by atoms with Crippen molar-refractivity contribution >= 4 is 6.09 Å². The quantitative estimate of drug-likeness (QED) is 0.719. The van der Waals surface area contributed by atoms with Crippen LogP contribution < -0.4 is 0 Å². The Hall–Kier alpha value is -0.810. The number of hydrogen-bond acceptors (Lipinski definition) is 4. The van der Waals surface area contributed by atoms with Crippen molar-refractivity contribution in [3.8, 4) is 0 Å². The Bertz CT molecular complexity index is 223. The molecular weight excluding hydrogens is 222 g/mol. The van der Waals surface area contributed by atoms with Gasteiger partial charge in [0, 0.05) is 13.2 Å². The normalized spacial score (nSPS) is 20.4. The first-order valence-electron chi connectivity index (χ1n) is 6.42. The molecule has 0 aliphatic carbocycles. The minimum Gasteiger partial charge on any atom is -0.449 e. The van der Waals surface area contributed by atoms with E-state index in [-0.39, 0.29) is 18.8 Å². The van der Waals surface area contributed by atoms with Crippen LogP contribution in [0.5, 0.6) is 0 Å². The molecular formula is C12H23NO4. The van der Waals surface area contributed by atoms with Gasteiger partial charge < -0.3 is 19.5 Å². The number of ether oxygens (including phenoxy) is 2. The van der Waals surface area contributed by atoms with E-state index in [0.717, 1.165) is 19.3 Å². The molecule has 1 aliphatic rings. The van der Waals surface area contributed by atoms with Crippen LogP contribution in [0, 0.1) is 0 Å². The van der Waals surface area contributed by atoms with Gasteiger partial charge in [-0.1, -0.05) is 13.3 Å². The van der Waals surface area contributed by atoms with Crippen LogP contribution in [0.2, 0.25) is 0 Å². The third-order valence-corrected chi connectivity index (χ3v) is 2.80. The second kappa shape index (κ2) is 8.31. The van der Waals surface area contributed by atoms with Crippen LogP contribution in [-0.2, 0) is 9.47 Å². The summed E-state index contributed by atoms with van der Waals surface area (Å²) in [6.07, 6.45) is 3.23. The van der Waals surface area contributed by atoms with Gasteiger partial charge in [-0.2, -0.15) is 0 Å². The first kappa shape index (κ1) is 14.3. The fraction of sp³-hybridized carbons (Fsp3) is 0.917. The molecule has 0 spiro atoms. The summed E-state index contributed by atoms with van der Waals surface area (Å²) in [5, 5.41) is 8.75.